The lowest BCUT2D eigenvalue weighted by molar-refractivity contribution is 0.0527. The van der Waals surface area contributed by atoms with Crippen LogP contribution < -0.4 is 10.2 Å². The van der Waals surface area contributed by atoms with Crippen molar-refractivity contribution in [2.75, 3.05) is 56.0 Å². The van der Waals surface area contributed by atoms with Crippen LogP contribution in [0, 0.1) is 12.5 Å². The molecule has 0 saturated carbocycles. The minimum absolute atomic E-state index is 0.105. The van der Waals surface area contributed by atoms with Gasteiger partial charge in [0.25, 0.3) is 5.82 Å². The summed E-state index contributed by atoms with van der Waals surface area (Å²) in [6.07, 6.45) is 3.68. The highest BCUT2D eigenvalue weighted by molar-refractivity contribution is 6.04. The Kier molecular flexibility index (Phi) is 7.24. The maximum Gasteiger partial charge on any atom is 0.314 e. The lowest BCUT2D eigenvalue weighted by atomic mass is 9.90. The van der Waals surface area contributed by atoms with E-state index < -0.39 is 0 Å². The fourth-order valence-corrected chi connectivity index (χ4v) is 5.00. The molecule has 0 unspecified atom stereocenters. The zero-order chi connectivity index (χ0) is 24.3. The van der Waals surface area contributed by atoms with Crippen LogP contribution in [0.1, 0.15) is 56.7 Å². The first-order valence-corrected chi connectivity index (χ1v) is 12.4. The summed E-state index contributed by atoms with van der Waals surface area (Å²) >= 11 is 0. The zero-order valence-corrected chi connectivity index (χ0v) is 20.9. The van der Waals surface area contributed by atoms with Crippen molar-refractivity contribution in [2.45, 2.75) is 46.1 Å². The fourth-order valence-electron chi connectivity index (χ4n) is 5.00. The van der Waals surface area contributed by atoms with Crippen LogP contribution in [0.4, 0.5) is 17.2 Å². The molecule has 0 radical (unpaired) electrons. The van der Waals surface area contributed by atoms with E-state index in [-0.39, 0.29) is 23.1 Å². The second-order valence-electron chi connectivity index (χ2n) is 10.1. The smallest absolute Gasteiger partial charge is 0.314 e. The number of nitrogens with one attached hydrogen (secondary N) is 2. The Morgan fingerprint density at radius 2 is 1.91 bits per heavy atom. The van der Waals surface area contributed by atoms with Crippen LogP contribution in [-0.2, 0) is 5.54 Å². The predicted molar refractivity (Wildman–Crippen MR) is 137 cm³/mol. The number of likely N-dealkylation sites (N-methyl/N-ethyl adjacent to an activating group) is 1. The Morgan fingerprint density at radius 1 is 1.21 bits per heavy atom. The average molecular weight is 464 g/mol. The fraction of sp³-hybridized carbons (Fsp3) is 0.577. The highest BCUT2D eigenvalue weighted by Gasteiger charge is 2.32. The van der Waals surface area contributed by atoms with Gasteiger partial charge in [0.05, 0.1) is 17.6 Å². The Morgan fingerprint density at radius 3 is 2.53 bits per heavy atom. The minimum Gasteiger partial charge on any atom is -0.370 e. The molecule has 2 aliphatic heterocycles. The van der Waals surface area contributed by atoms with Crippen LogP contribution >= 0.6 is 0 Å². The molecule has 3 heterocycles. The van der Waals surface area contributed by atoms with Gasteiger partial charge in [-0.15, -0.1) is 0 Å². The summed E-state index contributed by atoms with van der Waals surface area (Å²) in [5.74, 6) is 0.807. The van der Waals surface area contributed by atoms with Gasteiger partial charge in [-0.25, -0.2) is 4.98 Å². The molecule has 2 N–H and O–H groups in total. The van der Waals surface area contributed by atoms with E-state index in [1.165, 1.54) is 11.8 Å². The molecule has 34 heavy (non-hydrogen) atoms. The van der Waals surface area contributed by atoms with Gasteiger partial charge in [0.1, 0.15) is 0 Å². The number of imidazole rings is 1. The first-order chi connectivity index (χ1) is 16.3. The number of carbonyl (C=O) groups is 1. The topological polar surface area (TPSA) is 71.9 Å². The largest absolute Gasteiger partial charge is 0.370 e. The highest BCUT2D eigenvalue weighted by atomic mass is 16.2. The number of nitrogens with zero attached hydrogens (tertiary/aromatic N) is 5. The Hall–Kier alpha value is -2.89. The molecule has 0 aliphatic carbocycles. The molecule has 1 aromatic carbocycles. The third kappa shape index (κ3) is 5.11. The number of H-pyrrole nitrogens is 1. The van der Waals surface area contributed by atoms with Crippen LogP contribution in [0.15, 0.2) is 24.4 Å². The van der Waals surface area contributed by atoms with Crippen LogP contribution in [0.3, 0.4) is 0 Å². The first kappa shape index (κ1) is 24.2. The third-order valence-corrected chi connectivity index (χ3v) is 7.58. The molecule has 1 aromatic heterocycles. The van der Waals surface area contributed by atoms with Crippen LogP contribution in [0.25, 0.3) is 4.85 Å². The Labute approximate surface area is 203 Å². The molecule has 2 aromatic rings. The molecule has 2 aliphatic rings. The summed E-state index contributed by atoms with van der Waals surface area (Å²) in [6.45, 7) is 23.6. The summed E-state index contributed by atoms with van der Waals surface area (Å²) in [7, 11) is 0. The van der Waals surface area contributed by atoms with E-state index in [2.05, 4.69) is 74.7 Å². The SMILES string of the molecule is [C-]#[N+]c1cnc(C(=O)Nc2ccc(C(C)(C)N3CCN(CC)CC3)cc2N2CCC(C)CC2)[nH]1. The lowest BCUT2D eigenvalue weighted by Crippen LogP contribution is -2.53. The van der Waals surface area contributed by atoms with Gasteiger partial charge in [0, 0.05) is 44.8 Å². The Balaban J connectivity index is 1.61. The maximum atomic E-state index is 12.9. The molecule has 4 rings (SSSR count). The number of piperazine rings is 1. The average Bonchev–Trinajstić information content (AvgIpc) is 3.34. The second kappa shape index (κ2) is 10.2. The summed E-state index contributed by atoms with van der Waals surface area (Å²) in [4.78, 5) is 30.5. The number of hydrogen-bond donors (Lipinski definition) is 2. The van der Waals surface area contributed by atoms with Crippen LogP contribution in [0.5, 0.6) is 0 Å². The quantitative estimate of drug-likeness (QED) is 0.624. The second-order valence-corrected chi connectivity index (χ2v) is 10.1. The number of carbonyl (C=O) groups excluding carboxylic acids is 1. The van der Waals surface area contributed by atoms with Gasteiger partial charge in [0.2, 0.25) is 5.82 Å². The number of anilines is 2. The number of benzene rings is 1. The minimum atomic E-state index is -0.329. The van der Waals surface area contributed by atoms with E-state index in [0.717, 1.165) is 75.9 Å². The maximum absolute atomic E-state index is 12.9. The molecule has 182 valence electrons. The van der Waals surface area contributed by atoms with E-state index in [9.17, 15) is 4.79 Å². The standard InChI is InChI=1S/C26H37N7O/c1-6-31-13-15-33(16-14-31)26(3,4)20-7-8-21(22(17-20)32-11-9-19(2)10-12-32)29-25(34)24-28-18-23(27-5)30-24/h7-8,17-19H,6,9-16H2,1-4H3,(H,28,30)(H,29,34). The zero-order valence-electron chi connectivity index (χ0n) is 20.9. The molecule has 0 bridgehead atoms. The van der Waals surface area contributed by atoms with Gasteiger partial charge in [-0.3, -0.25) is 14.7 Å². The van der Waals surface area contributed by atoms with Gasteiger partial charge in [0.15, 0.2) is 0 Å². The van der Waals surface area contributed by atoms with E-state index in [1.807, 2.05) is 6.07 Å². The number of hydrogen-bond acceptors (Lipinski definition) is 5. The van der Waals surface area contributed by atoms with Gasteiger partial charge in [-0.2, -0.15) is 0 Å². The molecule has 1 amide bonds. The van der Waals surface area contributed by atoms with Crippen molar-refractivity contribution in [2.24, 2.45) is 5.92 Å². The molecule has 2 saturated heterocycles. The van der Waals surface area contributed by atoms with Crippen molar-refractivity contribution < 1.29 is 4.79 Å². The number of aromatic amines is 1. The molecule has 8 nitrogen and oxygen atoms in total. The lowest BCUT2D eigenvalue weighted by Gasteiger charge is -2.44. The van der Waals surface area contributed by atoms with Crippen LogP contribution in [-0.4, -0.2) is 71.5 Å². The van der Waals surface area contributed by atoms with Gasteiger partial charge in [-0.1, -0.05) is 26.5 Å². The predicted octanol–water partition coefficient (Wildman–Crippen LogP) is 4.32. The monoisotopic (exact) mass is 463 g/mol. The number of piperidine rings is 1. The number of amides is 1. The van der Waals surface area contributed by atoms with Crippen molar-refractivity contribution >= 4 is 23.1 Å². The molecule has 0 atom stereocenters. The third-order valence-electron chi connectivity index (χ3n) is 7.58. The molecule has 0 spiro atoms. The van der Waals surface area contributed by atoms with Gasteiger partial charge in [-0.05, 0) is 56.8 Å². The van der Waals surface area contributed by atoms with E-state index >= 15 is 0 Å². The van der Waals surface area contributed by atoms with Crippen molar-refractivity contribution in [1.82, 2.24) is 19.8 Å². The first-order valence-electron chi connectivity index (χ1n) is 12.4. The van der Waals surface area contributed by atoms with E-state index in [0.29, 0.717) is 0 Å². The van der Waals surface area contributed by atoms with Crippen molar-refractivity contribution in [3.05, 3.63) is 47.2 Å². The molecular formula is C26H37N7O. The highest BCUT2D eigenvalue weighted by Crippen LogP contribution is 2.37. The van der Waals surface area contributed by atoms with E-state index in [1.54, 1.807) is 0 Å². The number of aromatic nitrogens is 2. The van der Waals surface area contributed by atoms with Gasteiger partial charge >= 0.3 is 5.91 Å². The van der Waals surface area contributed by atoms with Crippen LogP contribution in [0.2, 0.25) is 0 Å². The van der Waals surface area contributed by atoms with Crippen molar-refractivity contribution in [3.63, 3.8) is 0 Å². The normalized spacial score (nSPS) is 18.6. The number of rotatable bonds is 6. The summed E-state index contributed by atoms with van der Waals surface area (Å²) < 4.78 is 0. The summed E-state index contributed by atoms with van der Waals surface area (Å²) in [5, 5.41) is 3.05. The molecule has 8 heteroatoms. The summed E-state index contributed by atoms with van der Waals surface area (Å²) in [5.41, 5.74) is 3.01. The van der Waals surface area contributed by atoms with Crippen molar-refractivity contribution in [1.29, 1.82) is 0 Å². The molecular weight excluding hydrogens is 426 g/mol. The van der Waals surface area contributed by atoms with Crippen molar-refractivity contribution in [3.8, 4) is 0 Å². The Bertz CT molecular complexity index is 1040. The van der Waals surface area contributed by atoms with Gasteiger partial charge < -0.3 is 20.0 Å². The summed E-state index contributed by atoms with van der Waals surface area (Å²) in [6, 6.07) is 6.44. The van der Waals surface area contributed by atoms with E-state index in [4.69, 9.17) is 6.57 Å². The molecule has 2 fully saturated rings.